The van der Waals surface area contributed by atoms with Crippen LogP contribution in [0.25, 0.3) is 10.8 Å². The summed E-state index contributed by atoms with van der Waals surface area (Å²) < 4.78 is 31.5. The number of rotatable bonds is 6. The van der Waals surface area contributed by atoms with Crippen molar-refractivity contribution in [1.29, 1.82) is 0 Å². The number of carbonyl (C=O) groups is 2. The van der Waals surface area contributed by atoms with Gasteiger partial charge in [-0.1, -0.05) is 28.1 Å². The van der Waals surface area contributed by atoms with Crippen LogP contribution in [0.3, 0.4) is 0 Å². The van der Waals surface area contributed by atoms with Gasteiger partial charge in [-0.2, -0.15) is 0 Å². The van der Waals surface area contributed by atoms with Gasteiger partial charge in [0, 0.05) is 45.6 Å². The fourth-order valence-electron chi connectivity index (χ4n) is 4.24. The van der Waals surface area contributed by atoms with Gasteiger partial charge >= 0.3 is 0 Å². The average molecular weight is 511 g/mol. The minimum Gasteiger partial charge on any atom is -0.274 e. The third-order valence-corrected chi connectivity index (χ3v) is 6.54. The highest BCUT2D eigenvalue weighted by Gasteiger charge is 2.32. The van der Waals surface area contributed by atoms with E-state index in [2.05, 4.69) is 15.9 Å². The lowest BCUT2D eigenvalue weighted by molar-refractivity contribution is -0.688. The second-order valence-corrected chi connectivity index (χ2v) is 8.85. The zero-order chi connectivity index (χ0) is 23.1. The number of benzene rings is 3. The SMILES string of the molecule is O=C1c2cccc3c(Br)ccc(c23)C(=O)N1CCCn1cc[n+](Cc2ccc(F)cc2F)c1. The Hall–Kier alpha value is -3.39. The van der Waals surface area contributed by atoms with Crippen molar-refractivity contribution in [2.45, 2.75) is 19.5 Å². The summed E-state index contributed by atoms with van der Waals surface area (Å²) in [6, 6.07) is 12.6. The molecule has 3 aromatic carbocycles. The lowest BCUT2D eigenvalue weighted by Gasteiger charge is -2.27. The third kappa shape index (κ3) is 3.95. The molecule has 0 unspecified atom stereocenters. The quantitative estimate of drug-likeness (QED) is 0.278. The van der Waals surface area contributed by atoms with E-state index in [1.165, 1.54) is 17.0 Å². The van der Waals surface area contributed by atoms with Crippen molar-refractivity contribution in [2.24, 2.45) is 0 Å². The van der Waals surface area contributed by atoms with Gasteiger partial charge in [-0.3, -0.25) is 14.5 Å². The van der Waals surface area contributed by atoms with E-state index >= 15 is 0 Å². The van der Waals surface area contributed by atoms with Crippen LogP contribution >= 0.6 is 15.9 Å². The van der Waals surface area contributed by atoms with E-state index in [0.717, 1.165) is 15.9 Å². The lowest BCUT2D eigenvalue weighted by Crippen LogP contribution is -2.41. The van der Waals surface area contributed by atoms with E-state index in [-0.39, 0.29) is 24.9 Å². The predicted molar refractivity (Wildman–Crippen MR) is 122 cm³/mol. The summed E-state index contributed by atoms with van der Waals surface area (Å²) in [7, 11) is 0. The van der Waals surface area contributed by atoms with Gasteiger partial charge in [0.2, 0.25) is 6.33 Å². The van der Waals surface area contributed by atoms with Crippen LogP contribution in [0.4, 0.5) is 8.78 Å². The minimum atomic E-state index is -0.605. The number of imide groups is 1. The van der Waals surface area contributed by atoms with Crippen molar-refractivity contribution in [1.82, 2.24) is 9.47 Å². The first-order chi connectivity index (χ1) is 15.9. The summed E-state index contributed by atoms with van der Waals surface area (Å²) in [5.74, 6) is -1.76. The number of carbonyl (C=O) groups excluding carboxylic acids is 2. The molecule has 0 fully saturated rings. The molecule has 0 spiro atoms. The predicted octanol–water partition coefficient (Wildman–Crippen LogP) is 4.70. The van der Waals surface area contributed by atoms with Crippen molar-refractivity contribution in [3.8, 4) is 0 Å². The fourth-order valence-corrected chi connectivity index (χ4v) is 4.70. The van der Waals surface area contributed by atoms with Gasteiger partial charge in [0.25, 0.3) is 11.8 Å². The van der Waals surface area contributed by atoms with Crippen LogP contribution in [0.1, 0.15) is 32.7 Å². The molecule has 0 bridgehead atoms. The third-order valence-electron chi connectivity index (χ3n) is 5.85. The van der Waals surface area contributed by atoms with Crippen LogP contribution in [0.2, 0.25) is 0 Å². The largest absolute Gasteiger partial charge is 0.274 e. The van der Waals surface area contributed by atoms with Gasteiger partial charge in [-0.25, -0.2) is 17.9 Å². The molecule has 4 aromatic rings. The van der Waals surface area contributed by atoms with Crippen molar-refractivity contribution in [3.05, 3.63) is 100 Å². The Morgan fingerprint density at radius 3 is 2.52 bits per heavy atom. The van der Waals surface area contributed by atoms with Crippen LogP contribution in [-0.4, -0.2) is 27.8 Å². The van der Waals surface area contributed by atoms with E-state index in [9.17, 15) is 18.4 Å². The Morgan fingerprint density at radius 1 is 0.939 bits per heavy atom. The van der Waals surface area contributed by atoms with Crippen molar-refractivity contribution in [3.63, 3.8) is 0 Å². The summed E-state index contributed by atoms with van der Waals surface area (Å²) in [6.45, 7) is 1.14. The van der Waals surface area contributed by atoms with Gasteiger partial charge in [-0.15, -0.1) is 0 Å². The zero-order valence-corrected chi connectivity index (χ0v) is 19.1. The summed E-state index contributed by atoms with van der Waals surface area (Å²) in [5, 5.41) is 1.54. The Bertz CT molecular complexity index is 1390. The number of aromatic nitrogens is 2. The van der Waals surface area contributed by atoms with Crippen LogP contribution in [0.5, 0.6) is 0 Å². The standard InChI is InChI=1S/C25H19BrF2N3O2/c26-21-8-7-20-23-18(21)3-1-4-19(23)24(32)31(25(20)33)10-2-9-29-11-12-30(15-29)14-16-5-6-17(27)13-22(16)28/h1,3-8,11-13,15H,2,9-10,14H2/q+1. The Balaban J connectivity index is 1.27. The molecule has 5 nitrogen and oxygen atoms in total. The number of hydrogen-bond donors (Lipinski definition) is 0. The molecule has 1 aliphatic rings. The maximum atomic E-state index is 13.9. The van der Waals surface area contributed by atoms with Crippen LogP contribution in [0, 0.1) is 11.6 Å². The molecular formula is C25H19BrF2N3O2+. The molecule has 0 saturated heterocycles. The number of aryl methyl sites for hydroxylation is 1. The van der Waals surface area contributed by atoms with Crippen molar-refractivity contribution < 1.29 is 22.9 Å². The molecule has 2 heterocycles. The van der Waals surface area contributed by atoms with Gasteiger partial charge in [-0.05, 0) is 35.7 Å². The van der Waals surface area contributed by atoms with Crippen molar-refractivity contribution >= 4 is 38.5 Å². The van der Waals surface area contributed by atoms with E-state index in [0.29, 0.717) is 35.0 Å². The second kappa shape index (κ2) is 8.51. The maximum Gasteiger partial charge on any atom is 0.261 e. The van der Waals surface area contributed by atoms with Gasteiger partial charge in [0.05, 0.1) is 6.54 Å². The van der Waals surface area contributed by atoms with E-state index in [4.69, 9.17) is 0 Å². The Morgan fingerprint density at radius 2 is 1.73 bits per heavy atom. The highest BCUT2D eigenvalue weighted by atomic mass is 79.9. The molecule has 0 saturated carbocycles. The fraction of sp³-hybridized carbons (Fsp3) is 0.160. The second-order valence-electron chi connectivity index (χ2n) is 8.00. The normalized spacial score (nSPS) is 13.2. The number of halogens is 3. The molecule has 0 aliphatic carbocycles. The molecule has 2 amide bonds. The minimum absolute atomic E-state index is 0.276. The van der Waals surface area contributed by atoms with Gasteiger partial charge < -0.3 is 0 Å². The highest BCUT2D eigenvalue weighted by Crippen LogP contribution is 2.34. The summed E-state index contributed by atoms with van der Waals surface area (Å²) in [5.41, 5.74) is 1.45. The molecule has 1 aliphatic heterocycles. The topological polar surface area (TPSA) is 46.2 Å². The molecule has 0 atom stereocenters. The van der Waals surface area contributed by atoms with Gasteiger partial charge in [0.1, 0.15) is 30.6 Å². The first-order valence-electron chi connectivity index (χ1n) is 10.5. The van der Waals surface area contributed by atoms with Crippen molar-refractivity contribution in [2.75, 3.05) is 6.54 Å². The molecule has 33 heavy (non-hydrogen) atoms. The zero-order valence-electron chi connectivity index (χ0n) is 17.5. The monoisotopic (exact) mass is 510 g/mol. The molecular weight excluding hydrogens is 492 g/mol. The summed E-state index contributed by atoms with van der Waals surface area (Å²) in [6.07, 6.45) is 6.03. The number of nitrogens with zero attached hydrogens (tertiary/aromatic N) is 3. The van der Waals surface area contributed by atoms with E-state index in [1.54, 1.807) is 22.9 Å². The molecule has 8 heteroatoms. The highest BCUT2D eigenvalue weighted by molar-refractivity contribution is 9.10. The molecule has 5 rings (SSSR count). The summed E-state index contributed by atoms with van der Waals surface area (Å²) >= 11 is 3.49. The Kier molecular flexibility index (Phi) is 5.54. The maximum absolute atomic E-state index is 13.9. The van der Waals surface area contributed by atoms with Gasteiger partial charge in [0.15, 0.2) is 0 Å². The lowest BCUT2D eigenvalue weighted by atomic mass is 9.94. The first kappa shape index (κ1) is 21.5. The Labute approximate surface area is 197 Å². The van der Waals surface area contributed by atoms with E-state index < -0.39 is 11.6 Å². The average Bonchev–Trinajstić information content (AvgIpc) is 3.24. The van der Waals surface area contributed by atoms with E-state index in [1.807, 2.05) is 35.3 Å². The number of hydrogen-bond acceptors (Lipinski definition) is 2. The molecule has 1 aromatic heterocycles. The number of imidazole rings is 1. The first-order valence-corrected chi connectivity index (χ1v) is 11.3. The molecule has 166 valence electrons. The summed E-state index contributed by atoms with van der Waals surface area (Å²) in [4.78, 5) is 27.4. The van der Waals surface area contributed by atoms with Crippen LogP contribution in [0.15, 0.2) is 71.7 Å². The molecule has 0 radical (unpaired) electrons. The number of amides is 2. The molecule has 0 N–H and O–H groups in total. The van der Waals surface area contributed by atoms with Crippen LogP contribution in [-0.2, 0) is 13.1 Å². The van der Waals surface area contributed by atoms with Crippen LogP contribution < -0.4 is 4.57 Å². The smallest absolute Gasteiger partial charge is 0.261 e.